The van der Waals surface area contributed by atoms with E-state index in [1.165, 1.54) is 11.3 Å². The summed E-state index contributed by atoms with van der Waals surface area (Å²) in [6.45, 7) is 1.09. The number of nitrogens with zero attached hydrogens (tertiary/aromatic N) is 1. The van der Waals surface area contributed by atoms with Crippen LogP contribution in [-0.2, 0) is 16.4 Å². The van der Waals surface area contributed by atoms with Gasteiger partial charge in [0.15, 0.2) is 0 Å². The van der Waals surface area contributed by atoms with Gasteiger partial charge in [-0.2, -0.15) is 0 Å². The summed E-state index contributed by atoms with van der Waals surface area (Å²) in [5, 5.41) is 0. The number of thiophene rings is 1. The quantitative estimate of drug-likeness (QED) is 0.764. The van der Waals surface area contributed by atoms with Crippen LogP contribution >= 0.6 is 11.3 Å². The van der Waals surface area contributed by atoms with Gasteiger partial charge >= 0.3 is 0 Å². The number of ether oxygens (including phenoxy) is 1. The molecule has 2 heterocycles. The first-order valence-corrected chi connectivity index (χ1v) is 11.6. The molecule has 27 heavy (non-hydrogen) atoms. The van der Waals surface area contributed by atoms with Crippen LogP contribution in [0.1, 0.15) is 39.0 Å². The molecule has 146 valence electrons. The fourth-order valence-corrected chi connectivity index (χ4v) is 4.75. The molecule has 1 N–H and O–H groups in total. The Bertz CT molecular complexity index is 891. The molecular weight excluding hydrogens is 384 g/mol. The second kappa shape index (κ2) is 8.41. The second-order valence-electron chi connectivity index (χ2n) is 6.61. The molecule has 8 heteroatoms. The van der Waals surface area contributed by atoms with Crippen LogP contribution in [0.4, 0.5) is 0 Å². The van der Waals surface area contributed by atoms with Crippen LogP contribution in [-0.4, -0.2) is 45.7 Å². The third-order valence-electron chi connectivity index (χ3n) is 4.62. The molecule has 0 spiro atoms. The molecule has 0 bridgehead atoms. The highest BCUT2D eigenvalue weighted by molar-refractivity contribution is 7.88. The zero-order chi connectivity index (χ0) is 19.4. The van der Waals surface area contributed by atoms with Crippen LogP contribution in [0.3, 0.4) is 0 Å². The van der Waals surface area contributed by atoms with Crippen molar-refractivity contribution in [1.29, 1.82) is 0 Å². The summed E-state index contributed by atoms with van der Waals surface area (Å²) in [5.41, 5.74) is 1.12. The van der Waals surface area contributed by atoms with Crippen LogP contribution in [0.2, 0.25) is 0 Å². The molecule has 1 fully saturated rings. The Labute approximate surface area is 164 Å². The van der Waals surface area contributed by atoms with Crippen LogP contribution in [0.25, 0.3) is 0 Å². The average Bonchev–Trinajstić information content (AvgIpc) is 3.30. The molecule has 1 aromatic carbocycles. The van der Waals surface area contributed by atoms with Crippen molar-refractivity contribution < 1.29 is 17.9 Å². The van der Waals surface area contributed by atoms with E-state index in [9.17, 15) is 13.2 Å². The third-order valence-corrected chi connectivity index (χ3v) is 6.48. The van der Waals surface area contributed by atoms with Gasteiger partial charge in [0.05, 0.1) is 24.3 Å². The van der Waals surface area contributed by atoms with Crippen molar-refractivity contribution in [3.8, 4) is 5.75 Å². The van der Waals surface area contributed by atoms with Crippen molar-refractivity contribution >= 4 is 27.3 Å². The lowest BCUT2D eigenvalue weighted by Gasteiger charge is -2.24. The predicted molar refractivity (Wildman–Crippen MR) is 107 cm³/mol. The minimum Gasteiger partial charge on any atom is -0.497 e. The number of hydrogen-bond donors (Lipinski definition) is 1. The number of likely N-dealkylation sites (tertiary alicyclic amines) is 1. The smallest absolute Gasteiger partial charge is 0.264 e. The molecule has 0 saturated carbocycles. The van der Waals surface area contributed by atoms with E-state index < -0.39 is 10.0 Å². The highest BCUT2D eigenvalue weighted by Crippen LogP contribution is 2.34. The van der Waals surface area contributed by atoms with Crippen LogP contribution in [0, 0.1) is 0 Å². The van der Waals surface area contributed by atoms with Gasteiger partial charge in [-0.15, -0.1) is 11.3 Å². The zero-order valence-electron chi connectivity index (χ0n) is 15.5. The van der Waals surface area contributed by atoms with Crippen molar-refractivity contribution in [3.63, 3.8) is 0 Å². The molecule has 1 unspecified atom stereocenters. The fourth-order valence-electron chi connectivity index (χ4n) is 3.31. The fraction of sp³-hybridized carbons (Fsp3) is 0.421. The van der Waals surface area contributed by atoms with Crippen molar-refractivity contribution in [2.45, 2.75) is 25.3 Å². The van der Waals surface area contributed by atoms with Crippen LogP contribution in [0.5, 0.6) is 5.75 Å². The van der Waals surface area contributed by atoms with Crippen molar-refractivity contribution in [2.24, 2.45) is 0 Å². The van der Waals surface area contributed by atoms with Crippen LogP contribution in [0.15, 0.2) is 36.4 Å². The number of amides is 1. The standard InChI is InChI=1S/C19H24N2O4S2/c1-25-15-7-5-14(6-8-15)17-4-3-13-21(17)19(22)18-10-9-16(26-18)11-12-20-27(2,23)24/h5-10,17,20H,3-4,11-13H2,1-2H3. The van der Waals surface area contributed by atoms with E-state index in [1.807, 2.05) is 41.3 Å². The maximum atomic E-state index is 13.0. The first kappa shape index (κ1) is 19.9. The number of sulfonamides is 1. The van der Waals surface area contributed by atoms with Crippen molar-refractivity contribution in [3.05, 3.63) is 51.7 Å². The Balaban J connectivity index is 1.67. The van der Waals surface area contributed by atoms with Crippen LogP contribution < -0.4 is 9.46 Å². The lowest BCUT2D eigenvalue weighted by molar-refractivity contribution is 0.0740. The maximum absolute atomic E-state index is 13.0. The van der Waals surface area contributed by atoms with E-state index >= 15 is 0 Å². The number of carbonyl (C=O) groups is 1. The Morgan fingerprint density at radius 3 is 2.67 bits per heavy atom. The van der Waals surface area contributed by atoms with E-state index in [0.29, 0.717) is 17.8 Å². The zero-order valence-corrected chi connectivity index (χ0v) is 17.1. The number of benzene rings is 1. The normalized spacial score (nSPS) is 17.3. The molecule has 0 aliphatic carbocycles. The Morgan fingerprint density at radius 2 is 2.00 bits per heavy atom. The molecular formula is C19H24N2O4S2. The predicted octanol–water partition coefficient (Wildman–Crippen LogP) is 2.83. The minimum absolute atomic E-state index is 0.0423. The molecule has 1 amide bonds. The minimum atomic E-state index is -3.19. The monoisotopic (exact) mass is 408 g/mol. The van der Waals surface area contributed by atoms with Crippen molar-refractivity contribution in [1.82, 2.24) is 9.62 Å². The number of nitrogens with one attached hydrogen (secondary N) is 1. The number of rotatable bonds is 7. The average molecular weight is 409 g/mol. The summed E-state index contributed by atoms with van der Waals surface area (Å²) in [5.74, 6) is 0.848. The largest absolute Gasteiger partial charge is 0.497 e. The SMILES string of the molecule is COc1ccc(C2CCCN2C(=O)c2ccc(CCNS(C)(=O)=O)s2)cc1. The van der Waals surface area contributed by atoms with Gasteiger partial charge in [0.25, 0.3) is 5.91 Å². The number of methoxy groups -OCH3 is 1. The molecule has 3 rings (SSSR count). The van der Waals surface area contributed by atoms with E-state index in [0.717, 1.165) is 41.8 Å². The number of hydrogen-bond acceptors (Lipinski definition) is 5. The molecule has 1 aromatic heterocycles. The van der Waals surface area contributed by atoms with Gasteiger partial charge in [-0.05, 0) is 49.1 Å². The first-order valence-electron chi connectivity index (χ1n) is 8.85. The highest BCUT2D eigenvalue weighted by atomic mass is 32.2. The molecule has 6 nitrogen and oxygen atoms in total. The first-order chi connectivity index (χ1) is 12.9. The Hall–Kier alpha value is -1.90. The summed E-state index contributed by atoms with van der Waals surface area (Å²) in [6.07, 6.45) is 3.66. The maximum Gasteiger partial charge on any atom is 0.264 e. The van der Waals surface area contributed by atoms with E-state index in [1.54, 1.807) is 7.11 Å². The van der Waals surface area contributed by atoms with Gasteiger partial charge in [-0.1, -0.05) is 12.1 Å². The third kappa shape index (κ3) is 5.09. The lowest BCUT2D eigenvalue weighted by Crippen LogP contribution is -2.29. The number of carbonyl (C=O) groups excluding carboxylic acids is 1. The van der Waals surface area contributed by atoms with Gasteiger partial charge in [-0.25, -0.2) is 13.1 Å². The summed E-state index contributed by atoms with van der Waals surface area (Å²) in [6, 6.07) is 11.7. The van der Waals surface area contributed by atoms with E-state index in [4.69, 9.17) is 4.74 Å². The Morgan fingerprint density at radius 1 is 1.26 bits per heavy atom. The summed E-state index contributed by atoms with van der Waals surface area (Å²) in [7, 11) is -1.55. The molecule has 1 aliphatic rings. The van der Waals surface area contributed by atoms with Gasteiger partial charge in [0.1, 0.15) is 5.75 Å². The molecule has 1 saturated heterocycles. The topological polar surface area (TPSA) is 75.7 Å². The van der Waals surface area contributed by atoms with Gasteiger partial charge in [0, 0.05) is 18.0 Å². The van der Waals surface area contributed by atoms with Gasteiger partial charge < -0.3 is 9.64 Å². The summed E-state index contributed by atoms with van der Waals surface area (Å²) in [4.78, 5) is 16.6. The lowest BCUT2D eigenvalue weighted by atomic mass is 10.0. The van der Waals surface area contributed by atoms with Gasteiger partial charge in [-0.3, -0.25) is 4.79 Å². The van der Waals surface area contributed by atoms with E-state index in [2.05, 4.69) is 4.72 Å². The van der Waals surface area contributed by atoms with Gasteiger partial charge in [0.2, 0.25) is 10.0 Å². The molecule has 1 aliphatic heterocycles. The van der Waals surface area contributed by atoms with E-state index in [-0.39, 0.29) is 11.9 Å². The molecule has 0 radical (unpaired) electrons. The Kier molecular flexibility index (Phi) is 6.18. The van der Waals surface area contributed by atoms with Crippen molar-refractivity contribution in [2.75, 3.05) is 26.5 Å². The summed E-state index contributed by atoms with van der Waals surface area (Å²) < 4.78 is 30.0. The summed E-state index contributed by atoms with van der Waals surface area (Å²) >= 11 is 1.44. The second-order valence-corrected chi connectivity index (χ2v) is 9.61. The highest BCUT2D eigenvalue weighted by Gasteiger charge is 2.31. The molecule has 1 atom stereocenters. The molecule has 2 aromatic rings.